The maximum Gasteiger partial charge on any atom is 0.417 e. The summed E-state index contributed by atoms with van der Waals surface area (Å²) in [6.07, 6.45) is -0.694. The van der Waals surface area contributed by atoms with Crippen LogP contribution in [0.15, 0.2) is 36.7 Å². The summed E-state index contributed by atoms with van der Waals surface area (Å²) in [5, 5.41) is 2.85. The summed E-state index contributed by atoms with van der Waals surface area (Å²) in [4.78, 5) is 22.4. The Labute approximate surface area is 149 Å². The van der Waals surface area contributed by atoms with Crippen molar-refractivity contribution in [3.05, 3.63) is 47.8 Å². The second kappa shape index (κ2) is 7.31. The molecule has 1 amide bonds. The molecular weight excluding hydrogens is 345 g/mol. The van der Waals surface area contributed by atoms with E-state index >= 15 is 0 Å². The summed E-state index contributed by atoms with van der Waals surface area (Å²) in [5.74, 6) is 0.829. The number of carbonyl (C=O) groups is 1. The molecule has 2 aromatic rings. The van der Waals surface area contributed by atoms with Gasteiger partial charge >= 0.3 is 6.18 Å². The van der Waals surface area contributed by atoms with Gasteiger partial charge in [-0.3, -0.25) is 4.79 Å². The minimum Gasteiger partial charge on any atom is -0.357 e. The van der Waals surface area contributed by atoms with Crippen LogP contribution in [0, 0.1) is 12.8 Å². The Kier molecular flexibility index (Phi) is 5.11. The molecule has 0 radical (unpaired) electrons. The second-order valence-corrected chi connectivity index (χ2v) is 6.32. The highest BCUT2D eigenvalue weighted by molar-refractivity contribution is 5.92. The summed E-state index contributed by atoms with van der Waals surface area (Å²) in [6.45, 7) is 3.01. The summed E-state index contributed by atoms with van der Waals surface area (Å²) >= 11 is 0. The Hall–Kier alpha value is -2.64. The molecule has 1 N–H and O–H groups in total. The van der Waals surface area contributed by atoms with Gasteiger partial charge in [-0.25, -0.2) is 9.97 Å². The molecule has 0 bridgehead atoms. The number of carbonyl (C=O) groups excluding carboxylic acids is 1. The number of alkyl halides is 3. The van der Waals surface area contributed by atoms with Gasteiger partial charge in [-0.2, -0.15) is 13.2 Å². The zero-order valence-electron chi connectivity index (χ0n) is 14.3. The second-order valence-electron chi connectivity index (χ2n) is 6.32. The van der Waals surface area contributed by atoms with Gasteiger partial charge in [-0.05, 0) is 43.5 Å². The summed E-state index contributed by atoms with van der Waals surface area (Å²) < 4.78 is 37.8. The molecule has 0 aromatic carbocycles. The Morgan fingerprint density at radius 3 is 2.50 bits per heavy atom. The number of aryl methyl sites for hydroxylation is 1. The van der Waals surface area contributed by atoms with Crippen LogP contribution in [0.4, 0.5) is 24.8 Å². The van der Waals surface area contributed by atoms with E-state index < -0.39 is 11.7 Å². The molecule has 0 unspecified atom stereocenters. The maximum absolute atomic E-state index is 12.6. The van der Waals surface area contributed by atoms with Crippen LogP contribution < -0.4 is 10.2 Å². The average molecular weight is 364 g/mol. The fourth-order valence-electron chi connectivity index (χ4n) is 2.95. The van der Waals surface area contributed by atoms with E-state index in [1.807, 2.05) is 17.9 Å². The summed E-state index contributed by atoms with van der Waals surface area (Å²) in [7, 11) is 0. The van der Waals surface area contributed by atoms with Crippen molar-refractivity contribution < 1.29 is 18.0 Å². The fourth-order valence-corrected chi connectivity index (χ4v) is 2.95. The first-order valence-electron chi connectivity index (χ1n) is 8.35. The van der Waals surface area contributed by atoms with Gasteiger partial charge in [0.2, 0.25) is 5.91 Å². The predicted molar refractivity (Wildman–Crippen MR) is 91.8 cm³/mol. The maximum atomic E-state index is 12.6. The van der Waals surface area contributed by atoms with Gasteiger partial charge in [-0.15, -0.1) is 0 Å². The van der Waals surface area contributed by atoms with E-state index in [0.29, 0.717) is 37.6 Å². The third-order valence-electron chi connectivity index (χ3n) is 4.52. The molecule has 1 aliphatic rings. The molecule has 3 rings (SSSR count). The number of hydrogen-bond donors (Lipinski definition) is 1. The van der Waals surface area contributed by atoms with Gasteiger partial charge in [0.15, 0.2) is 0 Å². The highest BCUT2D eigenvalue weighted by atomic mass is 19.4. The molecule has 26 heavy (non-hydrogen) atoms. The molecule has 1 fully saturated rings. The molecule has 8 heteroatoms. The van der Waals surface area contributed by atoms with Crippen molar-refractivity contribution >= 4 is 17.5 Å². The quantitative estimate of drug-likeness (QED) is 0.903. The molecule has 0 spiro atoms. The van der Waals surface area contributed by atoms with Crippen molar-refractivity contribution in [2.45, 2.75) is 25.9 Å². The molecule has 3 heterocycles. The van der Waals surface area contributed by atoms with E-state index in [0.717, 1.165) is 17.8 Å². The number of rotatable bonds is 3. The topological polar surface area (TPSA) is 58.1 Å². The SMILES string of the molecule is Cc1cccnc1NC(=O)C1CCN(c2ccc(C(F)(F)F)cn2)CC1. The highest BCUT2D eigenvalue weighted by Gasteiger charge is 2.31. The zero-order chi connectivity index (χ0) is 18.7. The van der Waals surface area contributed by atoms with Crippen molar-refractivity contribution in [1.29, 1.82) is 0 Å². The van der Waals surface area contributed by atoms with Gasteiger partial charge in [0.25, 0.3) is 0 Å². The Balaban J connectivity index is 1.57. The van der Waals surface area contributed by atoms with Gasteiger partial charge in [0.1, 0.15) is 11.6 Å². The number of aromatic nitrogens is 2. The number of piperidine rings is 1. The standard InChI is InChI=1S/C18H19F3N4O/c1-12-3-2-8-22-16(12)24-17(26)13-6-9-25(10-7-13)15-5-4-14(11-23-15)18(19,20)21/h2-5,8,11,13H,6-7,9-10H2,1H3,(H,22,24,26). The van der Waals surface area contributed by atoms with Gasteiger partial charge in [0.05, 0.1) is 5.56 Å². The van der Waals surface area contributed by atoms with Crippen LogP contribution in [-0.2, 0) is 11.0 Å². The lowest BCUT2D eigenvalue weighted by molar-refractivity contribution is -0.137. The minimum atomic E-state index is -4.39. The third kappa shape index (κ3) is 4.12. The van der Waals surface area contributed by atoms with Crippen LogP contribution in [0.2, 0.25) is 0 Å². The van der Waals surface area contributed by atoms with Gasteiger partial charge in [-0.1, -0.05) is 6.07 Å². The molecule has 0 aliphatic carbocycles. The molecule has 5 nitrogen and oxygen atoms in total. The number of halogens is 3. The van der Waals surface area contributed by atoms with Crippen molar-refractivity contribution in [1.82, 2.24) is 9.97 Å². The minimum absolute atomic E-state index is 0.0770. The van der Waals surface area contributed by atoms with E-state index in [1.54, 1.807) is 12.3 Å². The van der Waals surface area contributed by atoms with Crippen LogP contribution in [0.25, 0.3) is 0 Å². The number of pyridine rings is 2. The highest BCUT2D eigenvalue weighted by Crippen LogP contribution is 2.30. The smallest absolute Gasteiger partial charge is 0.357 e. The Bertz CT molecular complexity index is 769. The van der Waals surface area contributed by atoms with Crippen LogP contribution in [0.5, 0.6) is 0 Å². The molecule has 1 aliphatic heterocycles. The molecule has 2 aromatic heterocycles. The average Bonchev–Trinajstić information content (AvgIpc) is 2.63. The lowest BCUT2D eigenvalue weighted by atomic mass is 9.96. The van der Waals surface area contributed by atoms with E-state index in [2.05, 4.69) is 15.3 Å². The third-order valence-corrected chi connectivity index (χ3v) is 4.52. The number of nitrogens with zero attached hydrogens (tertiary/aromatic N) is 3. The van der Waals surface area contributed by atoms with Crippen LogP contribution in [0.1, 0.15) is 24.0 Å². The first-order chi connectivity index (χ1) is 12.3. The predicted octanol–water partition coefficient (Wildman–Crippen LogP) is 3.66. The van der Waals surface area contributed by atoms with E-state index in [1.165, 1.54) is 6.07 Å². The molecular formula is C18H19F3N4O. The molecule has 0 atom stereocenters. The van der Waals surface area contributed by atoms with Gasteiger partial charge < -0.3 is 10.2 Å². The number of anilines is 2. The normalized spacial score (nSPS) is 15.8. The van der Waals surface area contributed by atoms with E-state index in [9.17, 15) is 18.0 Å². The van der Waals surface area contributed by atoms with E-state index in [4.69, 9.17) is 0 Å². The van der Waals surface area contributed by atoms with Crippen molar-refractivity contribution in [2.24, 2.45) is 5.92 Å². The lowest BCUT2D eigenvalue weighted by Gasteiger charge is -2.32. The molecule has 1 saturated heterocycles. The number of amides is 1. The number of nitrogens with one attached hydrogen (secondary N) is 1. The number of hydrogen-bond acceptors (Lipinski definition) is 4. The Morgan fingerprint density at radius 1 is 1.19 bits per heavy atom. The first kappa shape index (κ1) is 18.2. The summed E-state index contributed by atoms with van der Waals surface area (Å²) in [6, 6.07) is 6.09. The van der Waals surface area contributed by atoms with E-state index in [-0.39, 0.29) is 11.8 Å². The molecule has 0 saturated carbocycles. The van der Waals surface area contributed by atoms with Crippen molar-refractivity contribution in [3.63, 3.8) is 0 Å². The summed E-state index contributed by atoms with van der Waals surface area (Å²) in [5.41, 5.74) is 0.133. The Morgan fingerprint density at radius 2 is 1.92 bits per heavy atom. The monoisotopic (exact) mass is 364 g/mol. The largest absolute Gasteiger partial charge is 0.417 e. The van der Waals surface area contributed by atoms with Crippen LogP contribution >= 0.6 is 0 Å². The zero-order valence-corrected chi connectivity index (χ0v) is 14.3. The van der Waals surface area contributed by atoms with Crippen molar-refractivity contribution in [2.75, 3.05) is 23.3 Å². The van der Waals surface area contributed by atoms with Gasteiger partial charge in [0, 0.05) is 31.4 Å². The van der Waals surface area contributed by atoms with Crippen LogP contribution in [-0.4, -0.2) is 29.0 Å². The lowest BCUT2D eigenvalue weighted by Crippen LogP contribution is -2.38. The molecule has 138 valence electrons. The fraction of sp³-hybridized carbons (Fsp3) is 0.389. The first-order valence-corrected chi connectivity index (χ1v) is 8.35. The van der Waals surface area contributed by atoms with Crippen molar-refractivity contribution in [3.8, 4) is 0 Å². The van der Waals surface area contributed by atoms with Crippen LogP contribution in [0.3, 0.4) is 0 Å².